The van der Waals surface area contributed by atoms with Crippen molar-refractivity contribution in [2.24, 2.45) is 5.73 Å². The molecule has 0 spiro atoms. The van der Waals surface area contributed by atoms with Crippen LogP contribution in [0.3, 0.4) is 0 Å². The summed E-state index contributed by atoms with van der Waals surface area (Å²) in [6, 6.07) is 38.8. The van der Waals surface area contributed by atoms with Gasteiger partial charge in [0.2, 0.25) is 5.91 Å². The van der Waals surface area contributed by atoms with Crippen molar-refractivity contribution in [3.05, 3.63) is 150 Å². The average molecular weight is 587 g/mol. The highest BCUT2D eigenvalue weighted by atomic mass is 16.5. The van der Waals surface area contributed by atoms with Crippen LogP contribution in [-0.4, -0.2) is 18.9 Å². The topological polar surface area (TPSA) is 119 Å². The minimum atomic E-state index is -0.739. The van der Waals surface area contributed by atoms with E-state index in [1.54, 1.807) is 43.5 Å². The highest BCUT2D eigenvalue weighted by Crippen LogP contribution is 2.33. The fourth-order valence-electron chi connectivity index (χ4n) is 4.57. The fourth-order valence-corrected chi connectivity index (χ4v) is 4.57. The van der Waals surface area contributed by atoms with Gasteiger partial charge in [-0.3, -0.25) is 10.2 Å². The molecule has 222 valence electrons. The number of carbonyl (C=O) groups is 1. The Morgan fingerprint density at radius 1 is 0.773 bits per heavy atom. The van der Waals surface area contributed by atoms with Gasteiger partial charge in [0.1, 0.15) is 30.0 Å². The van der Waals surface area contributed by atoms with Crippen LogP contribution in [0.1, 0.15) is 28.3 Å². The predicted octanol–water partition coefficient (Wildman–Crippen LogP) is 6.82. The maximum Gasteiger partial charge on any atom is 0.247 e. The second-order valence-electron chi connectivity index (χ2n) is 10.0. The van der Waals surface area contributed by atoms with Gasteiger partial charge >= 0.3 is 0 Å². The normalized spacial score (nSPS) is 11.2. The van der Waals surface area contributed by atoms with Gasteiger partial charge in [0.25, 0.3) is 0 Å². The van der Waals surface area contributed by atoms with E-state index in [-0.39, 0.29) is 11.7 Å². The van der Waals surface area contributed by atoms with Crippen molar-refractivity contribution < 1.29 is 19.0 Å². The lowest BCUT2D eigenvalue weighted by atomic mass is 10.0. The number of carbonyl (C=O) groups excluding carboxylic acids is 1. The third kappa shape index (κ3) is 7.95. The van der Waals surface area contributed by atoms with E-state index in [1.807, 2.05) is 91.0 Å². The number of amides is 1. The molecular formula is C36H34N4O4. The Balaban J connectivity index is 1.33. The van der Waals surface area contributed by atoms with Gasteiger partial charge in [0, 0.05) is 17.8 Å². The van der Waals surface area contributed by atoms with E-state index in [0.29, 0.717) is 47.2 Å². The summed E-state index contributed by atoms with van der Waals surface area (Å²) >= 11 is 0. The molecule has 0 saturated heterocycles. The number of benzene rings is 5. The maximum absolute atomic E-state index is 13.5. The molecule has 5 rings (SSSR count). The molecule has 0 fully saturated rings. The molecule has 0 heterocycles. The van der Waals surface area contributed by atoms with E-state index in [2.05, 4.69) is 10.6 Å². The summed E-state index contributed by atoms with van der Waals surface area (Å²) in [5, 5.41) is 14.0. The maximum atomic E-state index is 13.5. The number of nitrogens with two attached hydrogens (primary N) is 1. The molecule has 5 aromatic carbocycles. The number of amidine groups is 1. The molecule has 0 bridgehead atoms. The van der Waals surface area contributed by atoms with E-state index in [1.165, 1.54) is 0 Å². The van der Waals surface area contributed by atoms with Crippen molar-refractivity contribution in [3.8, 4) is 23.0 Å². The summed E-state index contributed by atoms with van der Waals surface area (Å²) in [7, 11) is 1.57. The molecule has 8 heteroatoms. The molecule has 0 radical (unpaired) electrons. The molecule has 8 nitrogen and oxygen atoms in total. The second-order valence-corrected chi connectivity index (χ2v) is 10.0. The molecule has 0 saturated carbocycles. The molecule has 0 aromatic heterocycles. The minimum Gasteiger partial charge on any atom is -0.493 e. The van der Waals surface area contributed by atoms with Gasteiger partial charge in [-0.25, -0.2) is 0 Å². The molecule has 0 aliphatic heterocycles. The summed E-state index contributed by atoms with van der Waals surface area (Å²) in [5.41, 5.74) is 9.52. The van der Waals surface area contributed by atoms with Crippen LogP contribution in [0.15, 0.2) is 127 Å². The number of rotatable bonds is 13. The lowest BCUT2D eigenvalue weighted by Gasteiger charge is -2.22. The number of nitrogen functional groups attached to an aromatic ring is 1. The minimum absolute atomic E-state index is 0.0236. The van der Waals surface area contributed by atoms with Crippen molar-refractivity contribution in [3.63, 3.8) is 0 Å². The smallest absolute Gasteiger partial charge is 0.247 e. The standard InChI is InChI=1S/C36H34N4O4/c1-42-33-22-28(17-20-32(33)43-24-26-11-8-14-31(21-26)44-30-12-6-3-7-13-30)34(36(41)39-23-25-9-4-2-5-10-25)40-29-18-15-27(16-19-29)35(37)38/h2-22,34,40H,23-24H2,1H3,(H3,37,38)(H,39,41). The third-order valence-corrected chi connectivity index (χ3v) is 6.87. The van der Waals surface area contributed by atoms with E-state index < -0.39 is 6.04 Å². The Morgan fingerprint density at radius 2 is 1.45 bits per heavy atom. The predicted molar refractivity (Wildman–Crippen MR) is 172 cm³/mol. The SMILES string of the molecule is COc1cc(C(Nc2ccc(C(=N)N)cc2)C(=O)NCc2ccccc2)ccc1OCc1cccc(Oc2ccccc2)c1. The molecule has 0 aliphatic carbocycles. The zero-order valence-electron chi connectivity index (χ0n) is 24.3. The number of para-hydroxylation sites is 1. The first kappa shape index (κ1) is 29.7. The molecule has 5 aromatic rings. The van der Waals surface area contributed by atoms with Crippen LogP contribution in [0.5, 0.6) is 23.0 Å². The number of hydrogen-bond acceptors (Lipinski definition) is 6. The lowest BCUT2D eigenvalue weighted by Crippen LogP contribution is -2.33. The Morgan fingerprint density at radius 3 is 2.16 bits per heavy atom. The number of hydrogen-bond donors (Lipinski definition) is 4. The summed E-state index contributed by atoms with van der Waals surface area (Å²) in [6.07, 6.45) is 0. The Hall–Kier alpha value is -5.76. The number of methoxy groups -OCH3 is 1. The molecule has 1 amide bonds. The number of ether oxygens (including phenoxy) is 3. The van der Waals surface area contributed by atoms with Gasteiger partial charge in [-0.2, -0.15) is 0 Å². The fraction of sp³-hybridized carbons (Fsp3) is 0.111. The summed E-state index contributed by atoms with van der Waals surface area (Å²) < 4.78 is 17.8. The first-order chi connectivity index (χ1) is 21.5. The van der Waals surface area contributed by atoms with Crippen LogP contribution in [0.25, 0.3) is 0 Å². The van der Waals surface area contributed by atoms with Crippen LogP contribution in [-0.2, 0) is 17.9 Å². The molecule has 5 N–H and O–H groups in total. The van der Waals surface area contributed by atoms with Crippen LogP contribution in [0.4, 0.5) is 5.69 Å². The largest absolute Gasteiger partial charge is 0.493 e. The van der Waals surface area contributed by atoms with Gasteiger partial charge in [0.05, 0.1) is 7.11 Å². The highest BCUT2D eigenvalue weighted by Gasteiger charge is 2.22. The first-order valence-electron chi connectivity index (χ1n) is 14.1. The quantitative estimate of drug-likeness (QED) is 0.0888. The summed E-state index contributed by atoms with van der Waals surface area (Å²) in [4.78, 5) is 13.5. The van der Waals surface area contributed by atoms with Crippen LogP contribution >= 0.6 is 0 Å². The monoisotopic (exact) mass is 586 g/mol. The van der Waals surface area contributed by atoms with E-state index >= 15 is 0 Å². The van der Waals surface area contributed by atoms with Crippen molar-refractivity contribution in [2.45, 2.75) is 19.2 Å². The highest BCUT2D eigenvalue weighted by molar-refractivity contribution is 5.95. The summed E-state index contributed by atoms with van der Waals surface area (Å²) in [5.74, 6) is 2.27. The van der Waals surface area contributed by atoms with Crippen LogP contribution in [0, 0.1) is 5.41 Å². The van der Waals surface area contributed by atoms with Crippen LogP contribution in [0.2, 0.25) is 0 Å². The molecule has 1 unspecified atom stereocenters. The van der Waals surface area contributed by atoms with Crippen molar-refractivity contribution in [1.82, 2.24) is 5.32 Å². The molecule has 0 aliphatic rings. The number of nitrogens with one attached hydrogen (secondary N) is 3. The Kier molecular flexibility index (Phi) is 9.74. The van der Waals surface area contributed by atoms with Crippen LogP contribution < -0.4 is 30.6 Å². The van der Waals surface area contributed by atoms with Gasteiger partial charge in [0.15, 0.2) is 11.5 Å². The number of anilines is 1. The van der Waals surface area contributed by atoms with Gasteiger partial charge in [-0.15, -0.1) is 0 Å². The van der Waals surface area contributed by atoms with E-state index in [0.717, 1.165) is 16.9 Å². The van der Waals surface area contributed by atoms with Gasteiger partial charge < -0.3 is 30.6 Å². The van der Waals surface area contributed by atoms with Crippen molar-refractivity contribution in [1.29, 1.82) is 5.41 Å². The zero-order chi connectivity index (χ0) is 30.7. The first-order valence-corrected chi connectivity index (χ1v) is 14.1. The average Bonchev–Trinajstić information content (AvgIpc) is 3.06. The third-order valence-electron chi connectivity index (χ3n) is 6.87. The molecule has 1 atom stereocenters. The van der Waals surface area contributed by atoms with Gasteiger partial charge in [-0.05, 0) is 77.4 Å². The Bertz CT molecular complexity index is 1690. The molecular weight excluding hydrogens is 552 g/mol. The van der Waals surface area contributed by atoms with E-state index in [9.17, 15) is 4.79 Å². The second kappa shape index (κ2) is 14.4. The summed E-state index contributed by atoms with van der Waals surface area (Å²) in [6.45, 7) is 0.677. The Labute approximate surface area is 256 Å². The molecule has 44 heavy (non-hydrogen) atoms. The lowest BCUT2D eigenvalue weighted by molar-refractivity contribution is -0.122. The van der Waals surface area contributed by atoms with Gasteiger partial charge in [-0.1, -0.05) is 66.7 Å². The zero-order valence-corrected chi connectivity index (χ0v) is 24.3. The van der Waals surface area contributed by atoms with Crippen molar-refractivity contribution >= 4 is 17.4 Å². The van der Waals surface area contributed by atoms with E-state index in [4.69, 9.17) is 25.4 Å². The van der Waals surface area contributed by atoms with Crippen molar-refractivity contribution in [2.75, 3.05) is 12.4 Å².